The Labute approximate surface area is 76.6 Å². The lowest BCUT2D eigenvalue weighted by atomic mass is 10.1. The van der Waals surface area contributed by atoms with E-state index in [-0.39, 0.29) is 16.2 Å². The molecule has 0 amide bonds. The second-order valence-corrected chi connectivity index (χ2v) is 4.19. The van der Waals surface area contributed by atoms with Crippen molar-refractivity contribution in [3.63, 3.8) is 0 Å². The van der Waals surface area contributed by atoms with E-state index in [2.05, 4.69) is 0 Å². The first-order chi connectivity index (χ1) is 5.84. The first-order valence-electron chi connectivity index (χ1n) is 3.60. The molecule has 1 aromatic rings. The molecule has 4 nitrogen and oxygen atoms in total. The van der Waals surface area contributed by atoms with Crippen molar-refractivity contribution in [2.24, 2.45) is 0 Å². The van der Waals surface area contributed by atoms with Crippen LogP contribution in [-0.4, -0.2) is 18.1 Å². The van der Waals surface area contributed by atoms with Gasteiger partial charge in [-0.15, -0.1) is 0 Å². The van der Waals surface area contributed by atoms with Gasteiger partial charge in [0.2, 0.25) is 0 Å². The number of aromatic hydroxyl groups is 1. The lowest BCUT2D eigenvalue weighted by Crippen LogP contribution is -2.03. The Morgan fingerprint density at radius 1 is 1.23 bits per heavy atom. The Kier molecular flexibility index (Phi) is 2.32. The lowest BCUT2D eigenvalue weighted by molar-refractivity contribution is 0.460. The average Bonchev–Trinajstić information content (AvgIpc) is 1.95. The fourth-order valence-corrected chi connectivity index (χ4v) is 2.18. The lowest BCUT2D eigenvalue weighted by Gasteiger charge is -2.07. The van der Waals surface area contributed by atoms with Gasteiger partial charge in [0.25, 0.3) is 10.1 Å². The van der Waals surface area contributed by atoms with Gasteiger partial charge in [0.15, 0.2) is 0 Å². The van der Waals surface area contributed by atoms with Crippen LogP contribution in [0.25, 0.3) is 0 Å². The van der Waals surface area contributed by atoms with Crippen molar-refractivity contribution in [2.45, 2.75) is 18.7 Å². The van der Waals surface area contributed by atoms with Crippen LogP contribution in [0.1, 0.15) is 11.1 Å². The van der Waals surface area contributed by atoms with Crippen LogP contribution in [-0.2, 0) is 10.1 Å². The summed E-state index contributed by atoms with van der Waals surface area (Å²) in [5, 5.41) is 9.21. The van der Waals surface area contributed by atoms with Crippen molar-refractivity contribution < 1.29 is 18.1 Å². The summed E-state index contributed by atoms with van der Waals surface area (Å²) in [5.41, 5.74) is 0.584. The van der Waals surface area contributed by atoms with E-state index in [0.717, 1.165) is 0 Å². The molecule has 13 heavy (non-hydrogen) atoms. The first kappa shape index (κ1) is 10.0. The van der Waals surface area contributed by atoms with Gasteiger partial charge in [-0.2, -0.15) is 8.42 Å². The van der Waals surface area contributed by atoms with Crippen LogP contribution in [0, 0.1) is 13.8 Å². The minimum absolute atomic E-state index is 0.141. The van der Waals surface area contributed by atoms with Crippen molar-refractivity contribution in [3.05, 3.63) is 23.3 Å². The molecule has 0 radical (unpaired) electrons. The summed E-state index contributed by atoms with van der Waals surface area (Å²) in [6, 6.07) is 2.82. The molecule has 0 aliphatic carbocycles. The maximum Gasteiger partial charge on any atom is 0.295 e. The molecule has 0 saturated carbocycles. The van der Waals surface area contributed by atoms with E-state index in [1.165, 1.54) is 19.1 Å². The minimum Gasteiger partial charge on any atom is -0.508 e. The molecule has 0 fully saturated rings. The summed E-state index contributed by atoms with van der Waals surface area (Å²) in [6.45, 7) is 2.99. The molecule has 0 atom stereocenters. The number of rotatable bonds is 1. The molecule has 0 saturated heterocycles. The summed E-state index contributed by atoms with van der Waals surface area (Å²) in [6.07, 6.45) is 0. The largest absolute Gasteiger partial charge is 0.508 e. The van der Waals surface area contributed by atoms with Gasteiger partial charge in [-0.1, -0.05) is 6.07 Å². The fraction of sp³-hybridized carbons (Fsp3) is 0.250. The van der Waals surface area contributed by atoms with E-state index >= 15 is 0 Å². The summed E-state index contributed by atoms with van der Waals surface area (Å²) in [4.78, 5) is -0.215. The third-order valence-electron chi connectivity index (χ3n) is 1.83. The predicted molar refractivity (Wildman–Crippen MR) is 47.4 cm³/mol. The van der Waals surface area contributed by atoms with Gasteiger partial charge < -0.3 is 5.11 Å². The fourth-order valence-electron chi connectivity index (χ4n) is 1.21. The van der Waals surface area contributed by atoms with E-state index in [1.807, 2.05) is 0 Å². The van der Waals surface area contributed by atoms with Crippen LogP contribution in [0.5, 0.6) is 5.75 Å². The Balaban J connectivity index is 3.62. The SMILES string of the molecule is Cc1ccc(O)c(C)c1S(=O)(=O)O. The maximum absolute atomic E-state index is 10.9. The molecule has 0 aromatic heterocycles. The second kappa shape index (κ2) is 3.01. The maximum atomic E-state index is 10.9. The van der Waals surface area contributed by atoms with Gasteiger partial charge in [0, 0.05) is 5.56 Å². The highest BCUT2D eigenvalue weighted by Gasteiger charge is 2.18. The zero-order chi connectivity index (χ0) is 10.2. The normalized spacial score (nSPS) is 11.6. The number of aryl methyl sites for hydroxylation is 1. The summed E-state index contributed by atoms with van der Waals surface area (Å²) in [7, 11) is -4.25. The number of phenols is 1. The summed E-state index contributed by atoms with van der Waals surface area (Å²) >= 11 is 0. The van der Waals surface area contributed by atoms with E-state index in [1.54, 1.807) is 6.92 Å². The molecule has 5 heteroatoms. The monoisotopic (exact) mass is 202 g/mol. The van der Waals surface area contributed by atoms with Gasteiger partial charge in [0.05, 0.1) is 0 Å². The van der Waals surface area contributed by atoms with E-state index in [0.29, 0.717) is 5.56 Å². The van der Waals surface area contributed by atoms with Crippen LogP contribution in [0.15, 0.2) is 17.0 Å². The highest BCUT2D eigenvalue weighted by atomic mass is 32.2. The Morgan fingerprint density at radius 3 is 2.15 bits per heavy atom. The standard InChI is InChI=1S/C8H10O4S/c1-5-3-4-7(9)6(2)8(5)13(10,11)12/h3-4,9H,1-2H3,(H,10,11,12). The zero-order valence-corrected chi connectivity index (χ0v) is 8.09. The first-order valence-corrected chi connectivity index (χ1v) is 5.04. The Morgan fingerprint density at radius 2 is 1.77 bits per heavy atom. The van der Waals surface area contributed by atoms with Crippen LogP contribution in [0.2, 0.25) is 0 Å². The topological polar surface area (TPSA) is 74.6 Å². The van der Waals surface area contributed by atoms with E-state index in [9.17, 15) is 13.5 Å². The Bertz CT molecular complexity index is 434. The van der Waals surface area contributed by atoms with Gasteiger partial charge in [-0.05, 0) is 25.5 Å². The van der Waals surface area contributed by atoms with Gasteiger partial charge in [0.1, 0.15) is 10.6 Å². The van der Waals surface area contributed by atoms with Crippen LogP contribution in [0.4, 0.5) is 0 Å². The zero-order valence-electron chi connectivity index (χ0n) is 7.27. The highest BCUT2D eigenvalue weighted by Crippen LogP contribution is 2.26. The van der Waals surface area contributed by atoms with Crippen molar-refractivity contribution in [3.8, 4) is 5.75 Å². The molecular formula is C8H10O4S. The van der Waals surface area contributed by atoms with Crippen molar-refractivity contribution in [1.82, 2.24) is 0 Å². The van der Waals surface area contributed by atoms with E-state index in [4.69, 9.17) is 4.55 Å². The van der Waals surface area contributed by atoms with Gasteiger partial charge >= 0.3 is 0 Å². The molecule has 0 aliphatic heterocycles. The molecule has 72 valence electrons. The molecule has 0 unspecified atom stereocenters. The quantitative estimate of drug-likeness (QED) is 0.672. The number of benzene rings is 1. The molecule has 0 aliphatic rings. The van der Waals surface area contributed by atoms with Crippen molar-refractivity contribution in [1.29, 1.82) is 0 Å². The third kappa shape index (κ3) is 1.81. The van der Waals surface area contributed by atoms with Crippen molar-refractivity contribution in [2.75, 3.05) is 0 Å². The molecule has 1 rings (SSSR count). The molecule has 0 heterocycles. The third-order valence-corrected chi connectivity index (χ3v) is 2.98. The number of phenolic OH excluding ortho intramolecular Hbond substituents is 1. The summed E-state index contributed by atoms with van der Waals surface area (Å²) < 4.78 is 30.6. The molecule has 0 spiro atoms. The molecular weight excluding hydrogens is 192 g/mol. The number of hydrogen-bond acceptors (Lipinski definition) is 3. The minimum atomic E-state index is -4.25. The van der Waals surface area contributed by atoms with Gasteiger partial charge in [-0.3, -0.25) is 4.55 Å². The highest BCUT2D eigenvalue weighted by molar-refractivity contribution is 7.86. The Hall–Kier alpha value is -1.07. The molecule has 0 bridgehead atoms. The smallest absolute Gasteiger partial charge is 0.295 e. The second-order valence-electron chi connectivity index (χ2n) is 2.83. The van der Waals surface area contributed by atoms with Gasteiger partial charge in [-0.25, -0.2) is 0 Å². The van der Waals surface area contributed by atoms with Crippen molar-refractivity contribution >= 4 is 10.1 Å². The average molecular weight is 202 g/mol. The molecule has 1 aromatic carbocycles. The summed E-state index contributed by atoms with van der Waals surface area (Å²) in [5.74, 6) is -0.141. The van der Waals surface area contributed by atoms with E-state index < -0.39 is 10.1 Å². The van der Waals surface area contributed by atoms with Crippen LogP contribution in [0.3, 0.4) is 0 Å². The predicted octanol–water partition coefficient (Wildman–Crippen LogP) is 1.26. The number of hydrogen-bond donors (Lipinski definition) is 2. The van der Waals surface area contributed by atoms with Crippen LogP contribution < -0.4 is 0 Å². The molecule has 2 N–H and O–H groups in total. The van der Waals surface area contributed by atoms with Crippen LogP contribution >= 0.6 is 0 Å².